The predicted octanol–water partition coefficient (Wildman–Crippen LogP) is 1.91. The van der Waals surface area contributed by atoms with E-state index in [0.717, 1.165) is 10.8 Å². The van der Waals surface area contributed by atoms with Gasteiger partial charge in [-0.05, 0) is 28.8 Å². The molecule has 0 aromatic heterocycles. The SMILES string of the molecule is O=C(O)C[C@H](NC(=O)C1CCS(=O)(=O)C1)c1ccc2ccccc2c1. The molecule has 1 saturated heterocycles. The fourth-order valence-electron chi connectivity index (χ4n) is 3.14. The van der Waals surface area contributed by atoms with Gasteiger partial charge in [0.2, 0.25) is 5.91 Å². The summed E-state index contributed by atoms with van der Waals surface area (Å²) < 4.78 is 23.1. The predicted molar refractivity (Wildman–Crippen MR) is 93.8 cm³/mol. The van der Waals surface area contributed by atoms with Crippen LogP contribution in [0.5, 0.6) is 0 Å². The van der Waals surface area contributed by atoms with Crippen molar-refractivity contribution in [2.24, 2.45) is 5.92 Å². The van der Waals surface area contributed by atoms with Crippen molar-refractivity contribution in [3.63, 3.8) is 0 Å². The van der Waals surface area contributed by atoms with E-state index in [0.29, 0.717) is 5.56 Å². The van der Waals surface area contributed by atoms with E-state index in [1.807, 2.05) is 36.4 Å². The molecule has 0 aliphatic carbocycles. The van der Waals surface area contributed by atoms with Gasteiger partial charge in [0.1, 0.15) is 0 Å². The van der Waals surface area contributed by atoms with Crippen LogP contribution in [0.4, 0.5) is 0 Å². The van der Waals surface area contributed by atoms with Gasteiger partial charge in [-0.15, -0.1) is 0 Å². The number of sulfone groups is 1. The second-order valence-electron chi connectivity index (χ2n) is 6.37. The number of carboxylic acids is 1. The molecule has 1 aliphatic heterocycles. The highest BCUT2D eigenvalue weighted by Gasteiger charge is 2.34. The van der Waals surface area contributed by atoms with Crippen molar-refractivity contribution in [2.45, 2.75) is 18.9 Å². The van der Waals surface area contributed by atoms with E-state index in [9.17, 15) is 23.1 Å². The molecule has 6 nitrogen and oxygen atoms in total. The van der Waals surface area contributed by atoms with Crippen LogP contribution in [-0.4, -0.2) is 36.9 Å². The van der Waals surface area contributed by atoms with Crippen molar-refractivity contribution in [3.8, 4) is 0 Å². The van der Waals surface area contributed by atoms with Crippen molar-refractivity contribution in [3.05, 3.63) is 48.0 Å². The summed E-state index contributed by atoms with van der Waals surface area (Å²) in [5, 5.41) is 13.9. The van der Waals surface area contributed by atoms with E-state index in [4.69, 9.17) is 0 Å². The molecule has 3 rings (SSSR count). The molecule has 7 heteroatoms. The van der Waals surface area contributed by atoms with Gasteiger partial charge >= 0.3 is 5.97 Å². The van der Waals surface area contributed by atoms with Crippen molar-refractivity contribution < 1.29 is 23.1 Å². The minimum absolute atomic E-state index is 0.00462. The standard InChI is InChI=1S/C18H19NO5S/c20-17(21)10-16(19-18(22)15-7-8-25(23,24)11-15)14-6-5-12-3-1-2-4-13(12)9-14/h1-6,9,15-16H,7-8,10-11H2,(H,19,22)(H,20,21)/t15?,16-/m0/s1. The summed E-state index contributed by atoms with van der Waals surface area (Å²) >= 11 is 0. The van der Waals surface area contributed by atoms with E-state index < -0.39 is 33.7 Å². The van der Waals surface area contributed by atoms with Gasteiger partial charge in [-0.25, -0.2) is 8.42 Å². The first-order valence-electron chi connectivity index (χ1n) is 8.05. The van der Waals surface area contributed by atoms with Crippen LogP contribution in [0.1, 0.15) is 24.4 Å². The molecule has 0 radical (unpaired) electrons. The molecule has 25 heavy (non-hydrogen) atoms. The molecule has 2 aromatic carbocycles. The second-order valence-corrected chi connectivity index (χ2v) is 8.59. The highest BCUT2D eigenvalue weighted by molar-refractivity contribution is 7.91. The maximum Gasteiger partial charge on any atom is 0.305 e. The highest BCUT2D eigenvalue weighted by atomic mass is 32.2. The minimum atomic E-state index is -3.17. The van der Waals surface area contributed by atoms with Crippen molar-refractivity contribution in [2.75, 3.05) is 11.5 Å². The number of fused-ring (bicyclic) bond motifs is 1. The Bertz CT molecular complexity index is 922. The molecule has 1 aliphatic rings. The fourth-order valence-corrected chi connectivity index (χ4v) is 4.88. The van der Waals surface area contributed by atoms with Crippen molar-refractivity contribution in [1.82, 2.24) is 5.32 Å². The third-order valence-corrected chi connectivity index (χ3v) is 6.24. The number of carboxylic acid groups (broad SMARTS) is 1. The average Bonchev–Trinajstić information content (AvgIpc) is 2.93. The minimum Gasteiger partial charge on any atom is -0.481 e. The number of carbonyl (C=O) groups excluding carboxylic acids is 1. The number of nitrogens with one attached hydrogen (secondary N) is 1. The first-order chi connectivity index (χ1) is 11.8. The Morgan fingerprint density at radius 1 is 1.16 bits per heavy atom. The van der Waals surface area contributed by atoms with Crippen LogP contribution in [-0.2, 0) is 19.4 Å². The number of hydrogen-bond donors (Lipinski definition) is 2. The Morgan fingerprint density at radius 3 is 2.52 bits per heavy atom. The van der Waals surface area contributed by atoms with Crippen LogP contribution in [0.25, 0.3) is 10.8 Å². The van der Waals surface area contributed by atoms with E-state index in [-0.39, 0.29) is 24.3 Å². The molecule has 2 atom stereocenters. The number of carbonyl (C=O) groups is 2. The molecule has 132 valence electrons. The highest BCUT2D eigenvalue weighted by Crippen LogP contribution is 2.25. The lowest BCUT2D eigenvalue weighted by molar-refractivity contribution is -0.137. The second kappa shape index (κ2) is 6.84. The Kier molecular flexibility index (Phi) is 4.76. The molecule has 1 fully saturated rings. The fraction of sp³-hybridized carbons (Fsp3) is 0.333. The molecule has 2 aromatic rings. The number of aliphatic carboxylic acids is 1. The molecule has 1 unspecified atom stereocenters. The largest absolute Gasteiger partial charge is 0.481 e. The Hall–Kier alpha value is -2.41. The summed E-state index contributed by atoms with van der Waals surface area (Å²) in [6, 6.07) is 12.5. The van der Waals surface area contributed by atoms with E-state index in [1.165, 1.54) is 0 Å². The topological polar surface area (TPSA) is 101 Å². The third-order valence-electron chi connectivity index (χ3n) is 4.47. The van der Waals surface area contributed by atoms with E-state index in [1.54, 1.807) is 6.07 Å². The van der Waals surface area contributed by atoms with Crippen LogP contribution >= 0.6 is 0 Å². The third kappa shape index (κ3) is 4.17. The smallest absolute Gasteiger partial charge is 0.305 e. The zero-order chi connectivity index (χ0) is 18.0. The van der Waals surface area contributed by atoms with Crippen LogP contribution < -0.4 is 5.32 Å². The monoisotopic (exact) mass is 361 g/mol. The summed E-state index contributed by atoms with van der Waals surface area (Å²) in [6.07, 6.45) is 0.0230. The molecular formula is C18H19NO5S. The van der Waals surface area contributed by atoms with Crippen molar-refractivity contribution >= 4 is 32.5 Å². The lowest BCUT2D eigenvalue weighted by atomic mass is 9.98. The Balaban J connectivity index is 1.83. The van der Waals surface area contributed by atoms with E-state index in [2.05, 4.69) is 5.32 Å². The maximum absolute atomic E-state index is 12.4. The summed E-state index contributed by atoms with van der Waals surface area (Å²) in [7, 11) is -3.17. The quantitative estimate of drug-likeness (QED) is 0.847. The molecule has 1 amide bonds. The summed E-state index contributed by atoms with van der Waals surface area (Å²) in [4.78, 5) is 23.6. The lowest BCUT2D eigenvalue weighted by Gasteiger charge is -2.20. The first-order valence-corrected chi connectivity index (χ1v) is 9.87. The van der Waals surface area contributed by atoms with Crippen molar-refractivity contribution in [1.29, 1.82) is 0 Å². The van der Waals surface area contributed by atoms with Crippen LogP contribution in [0.15, 0.2) is 42.5 Å². The van der Waals surface area contributed by atoms with Gasteiger partial charge in [-0.1, -0.05) is 36.4 Å². The summed E-state index contributed by atoms with van der Waals surface area (Å²) in [5.41, 5.74) is 0.690. The molecule has 0 saturated carbocycles. The number of benzene rings is 2. The van der Waals surface area contributed by atoms with Gasteiger partial charge in [-0.2, -0.15) is 0 Å². The van der Waals surface area contributed by atoms with Gasteiger partial charge in [0.15, 0.2) is 9.84 Å². The first kappa shape index (κ1) is 17.4. The summed E-state index contributed by atoms with van der Waals surface area (Å²) in [6.45, 7) is 0. The summed E-state index contributed by atoms with van der Waals surface area (Å²) in [5.74, 6) is -2.21. The van der Waals surface area contributed by atoms with Gasteiger partial charge in [0.05, 0.1) is 29.9 Å². The molecule has 0 bridgehead atoms. The number of hydrogen-bond acceptors (Lipinski definition) is 4. The number of amides is 1. The maximum atomic E-state index is 12.4. The zero-order valence-corrected chi connectivity index (χ0v) is 14.3. The van der Waals surface area contributed by atoms with Crippen LogP contribution in [0, 0.1) is 5.92 Å². The Morgan fingerprint density at radius 2 is 1.88 bits per heavy atom. The van der Waals surface area contributed by atoms with E-state index >= 15 is 0 Å². The molecule has 0 spiro atoms. The normalized spacial score (nSPS) is 20.2. The zero-order valence-electron chi connectivity index (χ0n) is 13.5. The number of rotatable bonds is 5. The van der Waals surface area contributed by atoms with Gasteiger partial charge in [-0.3, -0.25) is 9.59 Å². The van der Waals surface area contributed by atoms with Gasteiger partial charge in [0, 0.05) is 0 Å². The lowest BCUT2D eigenvalue weighted by Crippen LogP contribution is -2.35. The van der Waals surface area contributed by atoms with Crippen LogP contribution in [0.3, 0.4) is 0 Å². The molecular weight excluding hydrogens is 342 g/mol. The van der Waals surface area contributed by atoms with Gasteiger partial charge < -0.3 is 10.4 Å². The Labute approximate surface area is 145 Å². The molecule has 1 heterocycles. The van der Waals surface area contributed by atoms with Gasteiger partial charge in [0.25, 0.3) is 0 Å². The average molecular weight is 361 g/mol. The molecule has 2 N–H and O–H groups in total. The van der Waals surface area contributed by atoms with Crippen LogP contribution in [0.2, 0.25) is 0 Å².